The number of aromatic nitrogens is 1. The van der Waals surface area contributed by atoms with E-state index in [-0.39, 0.29) is 17.2 Å². The molecule has 21 heavy (non-hydrogen) atoms. The summed E-state index contributed by atoms with van der Waals surface area (Å²) < 4.78 is 0. The SMILES string of the molecule is CCc1ccc(NC(=O)Cc2nc(C)sc2C(=O)O)cc1. The molecule has 0 atom stereocenters. The number of anilines is 1. The van der Waals surface area contributed by atoms with Crippen LogP contribution in [0.5, 0.6) is 0 Å². The minimum Gasteiger partial charge on any atom is -0.477 e. The number of amides is 1. The molecule has 0 fully saturated rings. The number of hydrogen-bond donors (Lipinski definition) is 2. The number of carbonyl (C=O) groups is 2. The summed E-state index contributed by atoms with van der Waals surface area (Å²) in [6.45, 7) is 3.79. The molecule has 2 N–H and O–H groups in total. The van der Waals surface area contributed by atoms with E-state index in [1.165, 1.54) is 5.56 Å². The van der Waals surface area contributed by atoms with Crippen LogP contribution in [0.4, 0.5) is 5.69 Å². The van der Waals surface area contributed by atoms with Crippen molar-refractivity contribution in [3.8, 4) is 0 Å². The predicted octanol–water partition coefficient (Wildman–Crippen LogP) is 2.89. The quantitative estimate of drug-likeness (QED) is 0.890. The summed E-state index contributed by atoms with van der Waals surface area (Å²) in [5.74, 6) is -1.32. The second kappa shape index (κ2) is 6.49. The number of nitrogens with one attached hydrogen (secondary N) is 1. The fraction of sp³-hybridized carbons (Fsp3) is 0.267. The van der Waals surface area contributed by atoms with E-state index in [9.17, 15) is 9.59 Å². The number of carboxylic acids is 1. The van der Waals surface area contributed by atoms with E-state index in [0.29, 0.717) is 16.4 Å². The summed E-state index contributed by atoms with van der Waals surface area (Å²) in [6, 6.07) is 7.57. The van der Waals surface area contributed by atoms with Gasteiger partial charge in [0, 0.05) is 5.69 Å². The van der Waals surface area contributed by atoms with Gasteiger partial charge in [-0.3, -0.25) is 4.79 Å². The van der Waals surface area contributed by atoms with Gasteiger partial charge in [0.2, 0.25) is 5.91 Å². The first kappa shape index (κ1) is 15.2. The van der Waals surface area contributed by atoms with Crippen molar-refractivity contribution in [2.75, 3.05) is 5.32 Å². The van der Waals surface area contributed by atoms with Crippen molar-refractivity contribution in [1.82, 2.24) is 4.98 Å². The van der Waals surface area contributed by atoms with Gasteiger partial charge in [-0.15, -0.1) is 11.3 Å². The number of thiazole rings is 1. The molecule has 1 aromatic carbocycles. The highest BCUT2D eigenvalue weighted by Crippen LogP contribution is 2.19. The third kappa shape index (κ3) is 3.88. The van der Waals surface area contributed by atoms with Crippen molar-refractivity contribution in [3.63, 3.8) is 0 Å². The Morgan fingerprint density at radius 1 is 1.29 bits per heavy atom. The minimum atomic E-state index is -1.05. The van der Waals surface area contributed by atoms with Gasteiger partial charge >= 0.3 is 5.97 Å². The first-order valence-corrected chi connectivity index (χ1v) is 7.39. The Kier molecular flexibility index (Phi) is 4.70. The lowest BCUT2D eigenvalue weighted by Gasteiger charge is -2.05. The van der Waals surface area contributed by atoms with E-state index in [1.54, 1.807) is 6.92 Å². The van der Waals surface area contributed by atoms with Gasteiger partial charge in [0.1, 0.15) is 4.88 Å². The smallest absolute Gasteiger partial charge is 0.347 e. The van der Waals surface area contributed by atoms with Gasteiger partial charge in [0.15, 0.2) is 0 Å². The van der Waals surface area contributed by atoms with Crippen molar-refractivity contribution in [2.24, 2.45) is 0 Å². The highest BCUT2D eigenvalue weighted by Gasteiger charge is 2.18. The first-order chi connectivity index (χ1) is 9.99. The minimum absolute atomic E-state index is 0.0402. The van der Waals surface area contributed by atoms with Crippen molar-refractivity contribution >= 4 is 28.9 Å². The van der Waals surface area contributed by atoms with E-state index >= 15 is 0 Å². The molecule has 5 nitrogen and oxygen atoms in total. The highest BCUT2D eigenvalue weighted by atomic mass is 32.1. The molecule has 1 amide bonds. The van der Waals surface area contributed by atoms with Gasteiger partial charge in [0.05, 0.1) is 17.1 Å². The van der Waals surface area contributed by atoms with Crippen LogP contribution in [-0.4, -0.2) is 22.0 Å². The number of carbonyl (C=O) groups excluding carboxylic acids is 1. The topological polar surface area (TPSA) is 79.3 Å². The molecule has 2 aromatic rings. The Morgan fingerprint density at radius 3 is 2.52 bits per heavy atom. The summed E-state index contributed by atoms with van der Waals surface area (Å²) in [7, 11) is 0. The maximum atomic E-state index is 12.0. The van der Waals surface area contributed by atoms with E-state index in [0.717, 1.165) is 17.8 Å². The molecule has 0 radical (unpaired) electrons. The second-order valence-corrected chi connectivity index (χ2v) is 5.79. The van der Waals surface area contributed by atoms with Gasteiger partial charge in [0.25, 0.3) is 0 Å². The Morgan fingerprint density at radius 2 is 1.95 bits per heavy atom. The van der Waals surface area contributed by atoms with Crippen molar-refractivity contribution in [3.05, 3.63) is 45.4 Å². The van der Waals surface area contributed by atoms with Gasteiger partial charge < -0.3 is 10.4 Å². The average Bonchev–Trinajstić information content (AvgIpc) is 2.80. The molecule has 0 aliphatic carbocycles. The molecule has 0 aliphatic heterocycles. The van der Waals surface area contributed by atoms with Crippen LogP contribution in [-0.2, 0) is 17.6 Å². The standard InChI is InChI=1S/C15H16N2O3S/c1-3-10-4-6-11(7-5-10)17-13(18)8-12-14(15(19)20)21-9(2)16-12/h4-7H,3,8H2,1-2H3,(H,17,18)(H,19,20). The summed E-state index contributed by atoms with van der Waals surface area (Å²) in [6.07, 6.45) is 0.899. The van der Waals surface area contributed by atoms with E-state index in [1.807, 2.05) is 24.3 Å². The van der Waals surface area contributed by atoms with Crippen molar-refractivity contribution < 1.29 is 14.7 Å². The molecule has 110 valence electrons. The fourth-order valence-corrected chi connectivity index (χ4v) is 2.71. The number of aryl methyl sites for hydroxylation is 2. The zero-order chi connectivity index (χ0) is 15.4. The lowest BCUT2D eigenvalue weighted by molar-refractivity contribution is -0.115. The van der Waals surface area contributed by atoms with E-state index in [2.05, 4.69) is 17.2 Å². The third-order valence-corrected chi connectivity index (χ3v) is 3.97. The number of nitrogens with zero attached hydrogens (tertiary/aromatic N) is 1. The molecule has 0 saturated heterocycles. The van der Waals surface area contributed by atoms with E-state index < -0.39 is 5.97 Å². The van der Waals surface area contributed by atoms with Crippen LogP contribution >= 0.6 is 11.3 Å². The Bertz CT molecular complexity index is 662. The van der Waals surface area contributed by atoms with Crippen molar-refractivity contribution in [1.29, 1.82) is 0 Å². The first-order valence-electron chi connectivity index (χ1n) is 6.58. The number of benzene rings is 1. The van der Waals surface area contributed by atoms with Crippen LogP contribution in [0.15, 0.2) is 24.3 Å². The summed E-state index contributed by atoms with van der Waals surface area (Å²) in [5.41, 5.74) is 2.20. The van der Waals surface area contributed by atoms with E-state index in [4.69, 9.17) is 5.11 Å². The van der Waals surface area contributed by atoms with Crippen LogP contribution in [0.1, 0.15) is 32.9 Å². The van der Waals surface area contributed by atoms with Crippen LogP contribution < -0.4 is 5.32 Å². The number of carboxylic acid groups (broad SMARTS) is 1. The number of rotatable bonds is 5. The maximum absolute atomic E-state index is 12.0. The molecule has 2 rings (SSSR count). The largest absolute Gasteiger partial charge is 0.477 e. The molecule has 0 aliphatic rings. The molecule has 0 bridgehead atoms. The zero-order valence-electron chi connectivity index (χ0n) is 11.8. The van der Waals surface area contributed by atoms with Gasteiger partial charge in [-0.1, -0.05) is 19.1 Å². The monoisotopic (exact) mass is 304 g/mol. The molecular formula is C15H16N2O3S. The van der Waals surface area contributed by atoms with Crippen molar-refractivity contribution in [2.45, 2.75) is 26.7 Å². The summed E-state index contributed by atoms with van der Waals surface area (Å²) >= 11 is 1.09. The maximum Gasteiger partial charge on any atom is 0.347 e. The Labute approximate surface area is 126 Å². The fourth-order valence-electron chi connectivity index (χ4n) is 1.94. The molecule has 1 aromatic heterocycles. The Balaban J connectivity index is 2.06. The lowest BCUT2D eigenvalue weighted by Crippen LogP contribution is -2.16. The lowest BCUT2D eigenvalue weighted by atomic mass is 10.1. The number of aromatic carboxylic acids is 1. The number of hydrogen-bond acceptors (Lipinski definition) is 4. The summed E-state index contributed by atoms with van der Waals surface area (Å²) in [4.78, 5) is 27.3. The van der Waals surface area contributed by atoms with Gasteiger partial charge in [-0.25, -0.2) is 9.78 Å². The molecular weight excluding hydrogens is 288 g/mol. The van der Waals surface area contributed by atoms with Crippen LogP contribution in [0, 0.1) is 6.92 Å². The van der Waals surface area contributed by atoms with Crippen LogP contribution in [0.2, 0.25) is 0 Å². The average molecular weight is 304 g/mol. The zero-order valence-corrected chi connectivity index (χ0v) is 12.7. The molecule has 6 heteroatoms. The third-order valence-electron chi connectivity index (χ3n) is 2.97. The normalized spacial score (nSPS) is 10.4. The van der Waals surface area contributed by atoms with Gasteiger partial charge in [-0.2, -0.15) is 0 Å². The molecule has 0 unspecified atom stereocenters. The molecule has 1 heterocycles. The highest BCUT2D eigenvalue weighted by molar-refractivity contribution is 7.13. The second-order valence-electron chi connectivity index (χ2n) is 4.59. The van der Waals surface area contributed by atoms with Crippen LogP contribution in [0.25, 0.3) is 0 Å². The molecule has 0 spiro atoms. The molecule has 0 saturated carbocycles. The predicted molar refractivity (Wildman–Crippen MR) is 82.0 cm³/mol. The van der Waals surface area contributed by atoms with Crippen LogP contribution in [0.3, 0.4) is 0 Å². The van der Waals surface area contributed by atoms with Gasteiger partial charge in [-0.05, 0) is 31.0 Å². The summed E-state index contributed by atoms with van der Waals surface area (Å²) in [5, 5.41) is 12.5. The Hall–Kier alpha value is -2.21.